The van der Waals surface area contributed by atoms with Crippen molar-refractivity contribution in [2.45, 2.75) is 33.2 Å². The van der Waals surface area contributed by atoms with E-state index in [2.05, 4.69) is 9.88 Å². The lowest BCUT2D eigenvalue weighted by atomic mass is 10.1. The number of rotatable bonds is 9. The second-order valence-corrected chi connectivity index (χ2v) is 9.12. The fourth-order valence-corrected chi connectivity index (χ4v) is 4.51. The molecule has 36 heavy (non-hydrogen) atoms. The molecule has 1 aromatic carbocycles. The van der Waals surface area contributed by atoms with Crippen LogP contribution in [0.3, 0.4) is 0 Å². The average Bonchev–Trinajstić information content (AvgIpc) is 3.28. The summed E-state index contributed by atoms with van der Waals surface area (Å²) < 4.78 is 26.1. The van der Waals surface area contributed by atoms with Crippen LogP contribution in [0.2, 0.25) is 0 Å². The van der Waals surface area contributed by atoms with Crippen molar-refractivity contribution < 1.29 is 18.7 Å². The van der Waals surface area contributed by atoms with Crippen LogP contribution in [0.1, 0.15) is 23.2 Å². The van der Waals surface area contributed by atoms with Crippen molar-refractivity contribution in [1.82, 2.24) is 19.7 Å². The predicted octanol–water partition coefficient (Wildman–Crippen LogP) is 3.64. The Morgan fingerprint density at radius 1 is 1.06 bits per heavy atom. The number of benzene rings is 1. The first-order chi connectivity index (χ1) is 17.4. The number of anilines is 1. The van der Waals surface area contributed by atoms with Crippen LogP contribution in [0.15, 0.2) is 36.5 Å². The number of halogens is 1. The molecule has 9 heteroatoms. The summed E-state index contributed by atoms with van der Waals surface area (Å²) in [6, 6.07) is 8.91. The molecule has 0 bridgehead atoms. The van der Waals surface area contributed by atoms with Gasteiger partial charge in [-0.05, 0) is 62.1 Å². The lowest BCUT2D eigenvalue weighted by Crippen LogP contribution is -2.50. The SMILES string of the molecule is COCCCc1cc(-c2ccc(F)c(C)c2)nn1CC(=O)N1CCN(c2cc(OC)ncc2C)CC1. The molecule has 192 valence electrons. The number of ether oxygens (including phenoxy) is 2. The highest BCUT2D eigenvalue weighted by molar-refractivity contribution is 5.76. The predicted molar refractivity (Wildman–Crippen MR) is 137 cm³/mol. The van der Waals surface area contributed by atoms with Gasteiger partial charge in [-0.1, -0.05) is 0 Å². The molecule has 8 nitrogen and oxygen atoms in total. The van der Waals surface area contributed by atoms with Gasteiger partial charge in [-0.15, -0.1) is 0 Å². The molecule has 2 aromatic heterocycles. The molecule has 1 aliphatic rings. The minimum atomic E-state index is -0.242. The zero-order valence-electron chi connectivity index (χ0n) is 21.5. The van der Waals surface area contributed by atoms with E-state index in [0.717, 1.165) is 54.1 Å². The van der Waals surface area contributed by atoms with Crippen molar-refractivity contribution in [3.05, 3.63) is 59.2 Å². The number of carbonyl (C=O) groups excluding carboxylic acids is 1. The van der Waals surface area contributed by atoms with Crippen molar-refractivity contribution in [3.8, 4) is 17.1 Å². The molecule has 1 saturated heterocycles. The summed E-state index contributed by atoms with van der Waals surface area (Å²) in [7, 11) is 3.29. The number of pyridine rings is 1. The van der Waals surface area contributed by atoms with E-state index in [4.69, 9.17) is 14.6 Å². The van der Waals surface area contributed by atoms with Gasteiger partial charge in [-0.2, -0.15) is 5.10 Å². The molecular formula is C27H34FN5O3. The highest BCUT2D eigenvalue weighted by atomic mass is 19.1. The van der Waals surface area contributed by atoms with E-state index >= 15 is 0 Å². The quantitative estimate of drug-likeness (QED) is 0.422. The number of aromatic nitrogens is 3. The first-order valence-electron chi connectivity index (χ1n) is 12.2. The van der Waals surface area contributed by atoms with Gasteiger partial charge in [0.15, 0.2) is 0 Å². The maximum Gasteiger partial charge on any atom is 0.244 e. The number of nitrogens with zero attached hydrogens (tertiary/aromatic N) is 5. The summed E-state index contributed by atoms with van der Waals surface area (Å²) in [4.78, 5) is 21.7. The molecule has 0 N–H and O–H groups in total. The number of hydrogen-bond acceptors (Lipinski definition) is 6. The summed E-state index contributed by atoms with van der Waals surface area (Å²) in [5, 5.41) is 4.73. The third-order valence-corrected chi connectivity index (χ3v) is 6.62. The van der Waals surface area contributed by atoms with E-state index in [1.54, 1.807) is 38.0 Å². The third kappa shape index (κ3) is 5.84. The zero-order chi connectivity index (χ0) is 25.7. The van der Waals surface area contributed by atoms with Crippen LogP contribution in [0.25, 0.3) is 11.3 Å². The number of piperazine rings is 1. The van der Waals surface area contributed by atoms with E-state index < -0.39 is 0 Å². The Balaban J connectivity index is 1.45. The maximum atomic E-state index is 13.8. The maximum absolute atomic E-state index is 13.8. The van der Waals surface area contributed by atoms with Gasteiger partial charge < -0.3 is 19.3 Å². The molecule has 0 aliphatic carbocycles. The van der Waals surface area contributed by atoms with Gasteiger partial charge in [0.05, 0.1) is 12.8 Å². The number of methoxy groups -OCH3 is 2. The molecule has 3 heterocycles. The Labute approximate surface area is 211 Å². The highest BCUT2D eigenvalue weighted by Crippen LogP contribution is 2.25. The fraction of sp³-hybridized carbons (Fsp3) is 0.444. The number of hydrogen-bond donors (Lipinski definition) is 0. The second-order valence-electron chi connectivity index (χ2n) is 9.12. The van der Waals surface area contributed by atoms with Gasteiger partial charge in [0.2, 0.25) is 11.8 Å². The van der Waals surface area contributed by atoms with Gasteiger partial charge in [0.1, 0.15) is 12.4 Å². The minimum Gasteiger partial charge on any atom is -0.481 e. The largest absolute Gasteiger partial charge is 0.481 e. The molecule has 1 amide bonds. The second kappa shape index (κ2) is 11.5. The minimum absolute atomic E-state index is 0.0385. The third-order valence-electron chi connectivity index (χ3n) is 6.62. The number of carbonyl (C=O) groups is 1. The molecule has 1 fully saturated rings. The normalized spacial score (nSPS) is 13.8. The van der Waals surface area contributed by atoms with E-state index in [0.29, 0.717) is 31.1 Å². The van der Waals surface area contributed by atoms with Crippen LogP contribution in [0.5, 0.6) is 5.88 Å². The molecule has 0 radical (unpaired) electrons. The van der Waals surface area contributed by atoms with Crippen LogP contribution in [0.4, 0.5) is 10.1 Å². The lowest BCUT2D eigenvalue weighted by Gasteiger charge is -2.36. The Kier molecular flexibility index (Phi) is 8.20. The topological polar surface area (TPSA) is 72.7 Å². The van der Waals surface area contributed by atoms with E-state index in [-0.39, 0.29) is 18.3 Å². The van der Waals surface area contributed by atoms with Crippen LogP contribution < -0.4 is 9.64 Å². The Morgan fingerprint density at radius 3 is 2.53 bits per heavy atom. The fourth-order valence-electron chi connectivity index (χ4n) is 4.51. The molecule has 0 saturated carbocycles. The average molecular weight is 496 g/mol. The summed E-state index contributed by atoms with van der Waals surface area (Å²) >= 11 is 0. The van der Waals surface area contributed by atoms with Crippen LogP contribution in [0, 0.1) is 19.7 Å². The van der Waals surface area contributed by atoms with E-state index in [9.17, 15) is 9.18 Å². The first-order valence-corrected chi connectivity index (χ1v) is 12.2. The summed E-state index contributed by atoms with van der Waals surface area (Å²) in [6.07, 6.45) is 3.38. The van der Waals surface area contributed by atoms with Gasteiger partial charge in [-0.3, -0.25) is 9.48 Å². The number of aryl methyl sites for hydroxylation is 3. The Bertz CT molecular complexity index is 1200. The Morgan fingerprint density at radius 2 is 1.83 bits per heavy atom. The van der Waals surface area contributed by atoms with Crippen molar-refractivity contribution in [2.75, 3.05) is 51.9 Å². The van der Waals surface area contributed by atoms with E-state index in [1.165, 1.54) is 6.07 Å². The molecule has 3 aromatic rings. The standard InChI is InChI=1S/C27H34FN5O3/c1-19-14-21(7-8-23(19)28)24-15-22(6-5-13-35-3)33(30-24)18-27(34)32-11-9-31(10-12-32)25-16-26(36-4)29-17-20(25)2/h7-8,14-17H,5-6,9-13,18H2,1-4H3. The molecule has 0 unspecified atom stereocenters. The van der Waals surface area contributed by atoms with Gasteiger partial charge >= 0.3 is 0 Å². The first kappa shape index (κ1) is 25.6. The number of amides is 1. The molecule has 0 atom stereocenters. The summed E-state index contributed by atoms with van der Waals surface area (Å²) in [6.45, 7) is 7.31. The highest BCUT2D eigenvalue weighted by Gasteiger charge is 2.24. The zero-order valence-corrected chi connectivity index (χ0v) is 21.5. The van der Waals surface area contributed by atoms with Crippen molar-refractivity contribution in [3.63, 3.8) is 0 Å². The molecular weight excluding hydrogens is 461 g/mol. The van der Waals surface area contributed by atoms with Gasteiger partial charge in [-0.25, -0.2) is 9.37 Å². The van der Waals surface area contributed by atoms with Crippen molar-refractivity contribution in [1.29, 1.82) is 0 Å². The lowest BCUT2D eigenvalue weighted by molar-refractivity contribution is -0.132. The van der Waals surface area contributed by atoms with Gasteiger partial charge in [0.25, 0.3) is 0 Å². The Hall–Kier alpha value is -3.46. The van der Waals surface area contributed by atoms with Crippen molar-refractivity contribution >= 4 is 11.6 Å². The monoisotopic (exact) mass is 495 g/mol. The van der Waals surface area contributed by atoms with Gasteiger partial charge in [0, 0.05) is 69.1 Å². The van der Waals surface area contributed by atoms with Crippen molar-refractivity contribution in [2.24, 2.45) is 0 Å². The molecule has 0 spiro atoms. The van der Waals surface area contributed by atoms with Crippen LogP contribution in [-0.2, 0) is 22.5 Å². The smallest absolute Gasteiger partial charge is 0.244 e. The van der Waals surface area contributed by atoms with E-state index in [1.807, 2.05) is 30.2 Å². The molecule has 1 aliphatic heterocycles. The molecule has 4 rings (SSSR count). The van der Waals surface area contributed by atoms with Crippen LogP contribution in [-0.4, -0.2) is 72.6 Å². The van der Waals surface area contributed by atoms with Crippen LogP contribution >= 0.6 is 0 Å². The summed E-state index contributed by atoms with van der Waals surface area (Å²) in [5.41, 5.74) is 5.28. The summed E-state index contributed by atoms with van der Waals surface area (Å²) in [5.74, 6) is 0.380.